The van der Waals surface area contributed by atoms with E-state index in [9.17, 15) is 5.11 Å². The maximum absolute atomic E-state index is 9.60. The smallest absolute Gasteiger partial charge is 0.104 e. The lowest BCUT2D eigenvalue weighted by atomic mass is 10.1. The van der Waals surface area contributed by atoms with Gasteiger partial charge in [0.05, 0.1) is 11.6 Å². The van der Waals surface area contributed by atoms with Crippen LogP contribution in [0.2, 0.25) is 5.02 Å². The van der Waals surface area contributed by atoms with Crippen molar-refractivity contribution in [2.45, 2.75) is 13.0 Å². The standard InChI is InChI=1S/C9H12ClNO2/c1-2-13-6-9(12)7-3-4-11-5-8(7)10/h3-5,9,12H,2,6H2,1H3. The summed E-state index contributed by atoms with van der Waals surface area (Å²) in [6.07, 6.45) is 2.43. The van der Waals surface area contributed by atoms with Crippen molar-refractivity contribution in [3.8, 4) is 0 Å². The topological polar surface area (TPSA) is 42.4 Å². The number of nitrogens with zero attached hydrogens (tertiary/aromatic N) is 1. The van der Waals surface area contributed by atoms with E-state index in [1.165, 1.54) is 6.20 Å². The molecule has 0 radical (unpaired) electrons. The number of hydrogen-bond donors (Lipinski definition) is 1. The van der Waals surface area contributed by atoms with Crippen LogP contribution in [-0.4, -0.2) is 23.3 Å². The van der Waals surface area contributed by atoms with Gasteiger partial charge in [0.25, 0.3) is 0 Å². The molecule has 1 heterocycles. The maximum atomic E-state index is 9.60. The van der Waals surface area contributed by atoms with Crippen molar-refractivity contribution in [2.24, 2.45) is 0 Å². The second-order valence-electron chi connectivity index (χ2n) is 2.57. The summed E-state index contributed by atoms with van der Waals surface area (Å²) in [6, 6.07) is 1.69. The number of aliphatic hydroxyl groups excluding tert-OH is 1. The van der Waals surface area contributed by atoms with Crippen LogP contribution in [0.25, 0.3) is 0 Å². The van der Waals surface area contributed by atoms with Crippen molar-refractivity contribution < 1.29 is 9.84 Å². The van der Waals surface area contributed by atoms with E-state index in [4.69, 9.17) is 16.3 Å². The number of pyridine rings is 1. The van der Waals surface area contributed by atoms with Gasteiger partial charge >= 0.3 is 0 Å². The van der Waals surface area contributed by atoms with Crippen molar-refractivity contribution in [3.05, 3.63) is 29.0 Å². The Morgan fingerprint density at radius 2 is 2.46 bits per heavy atom. The zero-order chi connectivity index (χ0) is 9.68. The van der Waals surface area contributed by atoms with Gasteiger partial charge in [0.2, 0.25) is 0 Å². The highest BCUT2D eigenvalue weighted by atomic mass is 35.5. The first kappa shape index (κ1) is 10.4. The predicted molar refractivity (Wildman–Crippen MR) is 50.7 cm³/mol. The molecule has 3 nitrogen and oxygen atoms in total. The summed E-state index contributed by atoms with van der Waals surface area (Å²) in [7, 11) is 0. The van der Waals surface area contributed by atoms with E-state index in [-0.39, 0.29) is 6.61 Å². The SMILES string of the molecule is CCOCC(O)c1ccncc1Cl. The van der Waals surface area contributed by atoms with E-state index < -0.39 is 6.10 Å². The monoisotopic (exact) mass is 201 g/mol. The lowest BCUT2D eigenvalue weighted by Gasteiger charge is -2.11. The summed E-state index contributed by atoms with van der Waals surface area (Å²) in [4.78, 5) is 3.82. The van der Waals surface area contributed by atoms with Gasteiger partial charge in [0.15, 0.2) is 0 Å². The Balaban J connectivity index is 2.65. The summed E-state index contributed by atoms with van der Waals surface area (Å²) in [5.74, 6) is 0. The van der Waals surface area contributed by atoms with Crippen LogP contribution in [0.5, 0.6) is 0 Å². The molecule has 0 fully saturated rings. The Morgan fingerprint density at radius 1 is 1.69 bits per heavy atom. The highest BCUT2D eigenvalue weighted by Crippen LogP contribution is 2.21. The molecule has 0 aliphatic carbocycles. The zero-order valence-corrected chi connectivity index (χ0v) is 8.16. The third-order valence-corrected chi connectivity index (χ3v) is 1.96. The first-order valence-corrected chi connectivity index (χ1v) is 4.48. The summed E-state index contributed by atoms with van der Waals surface area (Å²) in [5, 5.41) is 10.1. The van der Waals surface area contributed by atoms with Crippen LogP contribution in [0.3, 0.4) is 0 Å². The number of aliphatic hydroxyl groups is 1. The Kier molecular flexibility index (Phi) is 4.15. The minimum atomic E-state index is -0.671. The Labute approximate surface area is 82.3 Å². The van der Waals surface area contributed by atoms with Gasteiger partial charge < -0.3 is 9.84 Å². The van der Waals surface area contributed by atoms with Crippen LogP contribution >= 0.6 is 11.6 Å². The van der Waals surface area contributed by atoms with E-state index in [1.807, 2.05) is 6.92 Å². The van der Waals surface area contributed by atoms with Crippen molar-refractivity contribution in [2.75, 3.05) is 13.2 Å². The number of halogens is 1. The summed E-state index contributed by atoms with van der Waals surface area (Å²) >= 11 is 5.82. The average Bonchev–Trinajstić information content (AvgIpc) is 2.15. The van der Waals surface area contributed by atoms with Crippen LogP contribution in [0, 0.1) is 0 Å². The molecule has 0 aromatic carbocycles. The Bertz CT molecular complexity index is 268. The zero-order valence-electron chi connectivity index (χ0n) is 7.40. The molecule has 1 rings (SSSR count). The number of ether oxygens (including phenoxy) is 1. The molecule has 1 unspecified atom stereocenters. The highest BCUT2D eigenvalue weighted by Gasteiger charge is 2.10. The van der Waals surface area contributed by atoms with Gasteiger partial charge in [0.1, 0.15) is 6.10 Å². The van der Waals surface area contributed by atoms with Gasteiger partial charge in [-0.3, -0.25) is 4.98 Å². The van der Waals surface area contributed by atoms with Gasteiger partial charge in [-0.05, 0) is 13.0 Å². The molecule has 1 aromatic rings. The maximum Gasteiger partial charge on any atom is 0.104 e. The number of rotatable bonds is 4. The molecule has 72 valence electrons. The molecule has 0 saturated heterocycles. The molecule has 0 spiro atoms. The van der Waals surface area contributed by atoms with E-state index in [1.54, 1.807) is 12.3 Å². The minimum absolute atomic E-state index is 0.264. The van der Waals surface area contributed by atoms with E-state index >= 15 is 0 Å². The van der Waals surface area contributed by atoms with Gasteiger partial charge in [-0.2, -0.15) is 0 Å². The van der Waals surface area contributed by atoms with Gasteiger partial charge in [0, 0.05) is 24.6 Å². The van der Waals surface area contributed by atoms with E-state index in [0.717, 1.165) is 0 Å². The molecule has 0 saturated carbocycles. The van der Waals surface area contributed by atoms with Gasteiger partial charge in [-0.25, -0.2) is 0 Å². The molecule has 1 N–H and O–H groups in total. The van der Waals surface area contributed by atoms with Crippen LogP contribution in [0.15, 0.2) is 18.5 Å². The molecule has 0 bridgehead atoms. The number of hydrogen-bond acceptors (Lipinski definition) is 3. The third-order valence-electron chi connectivity index (χ3n) is 1.64. The van der Waals surface area contributed by atoms with Gasteiger partial charge in [-0.1, -0.05) is 11.6 Å². The highest BCUT2D eigenvalue weighted by molar-refractivity contribution is 6.31. The molecular weight excluding hydrogens is 190 g/mol. The van der Waals surface area contributed by atoms with Gasteiger partial charge in [-0.15, -0.1) is 0 Å². The first-order valence-electron chi connectivity index (χ1n) is 4.11. The van der Waals surface area contributed by atoms with Crippen molar-refractivity contribution in [1.29, 1.82) is 0 Å². The first-order chi connectivity index (χ1) is 6.25. The van der Waals surface area contributed by atoms with Crippen molar-refractivity contribution in [1.82, 2.24) is 4.98 Å². The average molecular weight is 202 g/mol. The molecule has 13 heavy (non-hydrogen) atoms. The van der Waals surface area contributed by atoms with E-state index in [2.05, 4.69) is 4.98 Å². The van der Waals surface area contributed by atoms with E-state index in [0.29, 0.717) is 17.2 Å². The summed E-state index contributed by atoms with van der Waals surface area (Å²) in [5.41, 5.74) is 0.658. The second-order valence-corrected chi connectivity index (χ2v) is 2.98. The number of aromatic nitrogens is 1. The molecule has 4 heteroatoms. The molecule has 1 atom stereocenters. The lowest BCUT2D eigenvalue weighted by Crippen LogP contribution is -2.07. The fourth-order valence-corrected chi connectivity index (χ4v) is 1.22. The molecule has 0 amide bonds. The van der Waals surface area contributed by atoms with Crippen LogP contribution in [0.1, 0.15) is 18.6 Å². The van der Waals surface area contributed by atoms with Crippen LogP contribution in [0.4, 0.5) is 0 Å². The lowest BCUT2D eigenvalue weighted by molar-refractivity contribution is 0.0420. The predicted octanol–water partition coefficient (Wildman–Crippen LogP) is 1.80. The molecule has 0 aliphatic rings. The normalized spacial score (nSPS) is 12.8. The summed E-state index contributed by atoms with van der Waals surface area (Å²) < 4.78 is 5.08. The van der Waals surface area contributed by atoms with Crippen LogP contribution in [-0.2, 0) is 4.74 Å². The fraction of sp³-hybridized carbons (Fsp3) is 0.444. The molecular formula is C9H12ClNO2. The Hall–Kier alpha value is -0.640. The second kappa shape index (κ2) is 5.17. The quantitative estimate of drug-likeness (QED) is 0.808. The Morgan fingerprint density at radius 3 is 3.08 bits per heavy atom. The van der Waals surface area contributed by atoms with Crippen molar-refractivity contribution >= 4 is 11.6 Å². The largest absolute Gasteiger partial charge is 0.386 e. The fourth-order valence-electron chi connectivity index (χ4n) is 0.975. The molecule has 0 aliphatic heterocycles. The third kappa shape index (κ3) is 2.95. The van der Waals surface area contributed by atoms with Crippen LogP contribution < -0.4 is 0 Å². The minimum Gasteiger partial charge on any atom is -0.386 e. The summed E-state index contributed by atoms with van der Waals surface area (Å²) in [6.45, 7) is 2.72. The van der Waals surface area contributed by atoms with Crippen molar-refractivity contribution in [3.63, 3.8) is 0 Å². The molecule has 1 aromatic heterocycles.